The first-order valence-electron chi connectivity index (χ1n) is 5.99. The summed E-state index contributed by atoms with van der Waals surface area (Å²) in [6.07, 6.45) is 1.15. The number of aromatic nitrogens is 1. The van der Waals surface area contributed by atoms with E-state index in [1.165, 1.54) is 0 Å². The van der Waals surface area contributed by atoms with E-state index in [1.807, 2.05) is 18.2 Å². The number of fused-ring (bicyclic) bond motifs is 1. The average molecular weight is 303 g/mol. The summed E-state index contributed by atoms with van der Waals surface area (Å²) in [6, 6.07) is 8.99. The van der Waals surface area contributed by atoms with E-state index in [4.69, 9.17) is 4.42 Å². The first kappa shape index (κ1) is 13.3. The van der Waals surface area contributed by atoms with Crippen LogP contribution in [0.5, 0.6) is 0 Å². The van der Waals surface area contributed by atoms with Crippen molar-refractivity contribution < 1.29 is 14.1 Å². The molecule has 3 aromatic rings. The highest BCUT2D eigenvalue weighted by atomic mass is 32.1. The number of hydrogen-bond acceptors (Lipinski definition) is 7. The number of thiazole rings is 1. The number of benzene rings is 1. The first-order chi connectivity index (χ1) is 10.1. The van der Waals surface area contributed by atoms with Gasteiger partial charge in [-0.05, 0) is 23.5 Å². The van der Waals surface area contributed by atoms with Crippen molar-refractivity contribution in [2.75, 3.05) is 11.9 Å². The fourth-order valence-electron chi connectivity index (χ4n) is 1.79. The van der Waals surface area contributed by atoms with Gasteiger partial charge in [0.2, 0.25) is 5.78 Å². The van der Waals surface area contributed by atoms with Gasteiger partial charge in [0.25, 0.3) is 0 Å². The molecule has 0 aliphatic rings. The molecule has 0 unspecified atom stereocenters. The number of furan rings is 1. The third kappa shape index (κ3) is 2.75. The molecule has 21 heavy (non-hydrogen) atoms. The average Bonchev–Trinajstić information content (AvgIpc) is 3.11. The maximum Gasteiger partial charge on any atom is 0.345 e. The molecule has 0 aliphatic carbocycles. The summed E-state index contributed by atoms with van der Waals surface area (Å²) >= 11 is 0.879. The number of anilines is 1. The van der Waals surface area contributed by atoms with Crippen LogP contribution in [0.4, 0.5) is 10.1 Å². The number of para-hydroxylation sites is 1. The predicted octanol–water partition coefficient (Wildman–Crippen LogP) is 3.09. The number of hydrogen-bond donors (Lipinski definition) is 1. The van der Waals surface area contributed by atoms with Gasteiger partial charge in [0, 0.05) is 5.39 Å². The quantitative estimate of drug-likeness (QED) is 0.442. The lowest BCUT2D eigenvalue weighted by Crippen LogP contribution is -2.12. The Morgan fingerprint density at radius 3 is 2.95 bits per heavy atom. The fourth-order valence-corrected chi connectivity index (χ4v) is 2.42. The van der Waals surface area contributed by atoms with E-state index < -0.39 is 4.92 Å². The second-order valence-corrected chi connectivity index (χ2v) is 5.20. The largest absolute Gasteiger partial charge is 0.453 e. The van der Waals surface area contributed by atoms with E-state index in [1.54, 1.807) is 12.1 Å². The summed E-state index contributed by atoms with van der Waals surface area (Å²) < 4.78 is 5.45. The lowest BCUT2D eigenvalue weighted by atomic mass is 10.2. The second-order valence-electron chi connectivity index (χ2n) is 4.19. The van der Waals surface area contributed by atoms with Crippen LogP contribution in [-0.4, -0.2) is 22.2 Å². The molecule has 3 rings (SSSR count). The minimum Gasteiger partial charge on any atom is -0.453 e. The molecule has 1 N–H and O–H groups in total. The monoisotopic (exact) mass is 303 g/mol. The minimum absolute atomic E-state index is 0.0372. The molecule has 2 heterocycles. The molecule has 0 atom stereocenters. The molecule has 8 heteroatoms. The fraction of sp³-hybridized carbons (Fsp3) is 0.0769. The van der Waals surface area contributed by atoms with Gasteiger partial charge in [-0.2, -0.15) is 0 Å². The minimum atomic E-state index is -0.524. The Balaban J connectivity index is 1.69. The number of carbonyl (C=O) groups is 1. The number of carbonyl (C=O) groups excluding carboxylic acids is 1. The maximum atomic E-state index is 12.0. The molecule has 0 spiro atoms. The van der Waals surface area contributed by atoms with Gasteiger partial charge < -0.3 is 9.73 Å². The van der Waals surface area contributed by atoms with Crippen LogP contribution in [0, 0.1) is 10.1 Å². The van der Waals surface area contributed by atoms with Crippen LogP contribution in [0.15, 0.2) is 40.9 Å². The Hall–Kier alpha value is -2.74. The third-order valence-corrected chi connectivity index (χ3v) is 3.68. The standard InChI is InChI=1S/C13H9N3O4S/c17-9(6-14-13-15-7-12(21-13)16(18)19)11-5-8-3-1-2-4-10(8)20-11/h1-5,7H,6H2,(H,14,15). The molecular formula is C13H9N3O4S. The van der Waals surface area contributed by atoms with Gasteiger partial charge >= 0.3 is 5.00 Å². The Labute approximate surface area is 122 Å². The van der Waals surface area contributed by atoms with Gasteiger partial charge in [-0.15, -0.1) is 0 Å². The number of nitro groups is 1. The van der Waals surface area contributed by atoms with Crippen LogP contribution in [-0.2, 0) is 0 Å². The molecule has 2 aromatic heterocycles. The lowest BCUT2D eigenvalue weighted by Gasteiger charge is -1.98. The van der Waals surface area contributed by atoms with Gasteiger partial charge in [-0.25, -0.2) is 4.98 Å². The molecule has 0 aliphatic heterocycles. The summed E-state index contributed by atoms with van der Waals surface area (Å²) in [5, 5.41) is 14.4. The molecule has 7 nitrogen and oxygen atoms in total. The normalized spacial score (nSPS) is 10.7. The molecule has 0 saturated heterocycles. The predicted molar refractivity (Wildman–Crippen MR) is 77.8 cm³/mol. The highest BCUT2D eigenvalue weighted by Crippen LogP contribution is 2.25. The van der Waals surface area contributed by atoms with E-state index in [0.717, 1.165) is 22.9 Å². The van der Waals surface area contributed by atoms with Gasteiger partial charge in [-0.3, -0.25) is 14.9 Å². The summed E-state index contributed by atoms with van der Waals surface area (Å²) in [6.45, 7) is -0.0372. The van der Waals surface area contributed by atoms with Crippen LogP contribution >= 0.6 is 11.3 Å². The number of Topliss-reactive ketones (excluding diaryl/α,β-unsaturated/α-hetero) is 1. The zero-order valence-corrected chi connectivity index (χ0v) is 11.4. The van der Waals surface area contributed by atoms with Crippen molar-refractivity contribution >= 4 is 38.2 Å². The Morgan fingerprint density at radius 1 is 1.43 bits per heavy atom. The van der Waals surface area contributed by atoms with Gasteiger partial charge in [0.1, 0.15) is 11.8 Å². The van der Waals surface area contributed by atoms with Crippen molar-refractivity contribution in [1.82, 2.24) is 4.98 Å². The Morgan fingerprint density at radius 2 is 2.24 bits per heavy atom. The van der Waals surface area contributed by atoms with Crippen molar-refractivity contribution in [3.05, 3.63) is 52.4 Å². The highest BCUT2D eigenvalue weighted by molar-refractivity contribution is 7.18. The van der Waals surface area contributed by atoms with E-state index in [0.29, 0.717) is 10.7 Å². The number of nitrogens with one attached hydrogen (secondary N) is 1. The number of ketones is 1. The van der Waals surface area contributed by atoms with Gasteiger partial charge in [0.15, 0.2) is 10.9 Å². The Kier molecular flexibility index (Phi) is 3.36. The molecule has 0 amide bonds. The first-order valence-corrected chi connectivity index (χ1v) is 6.81. The van der Waals surface area contributed by atoms with Crippen molar-refractivity contribution in [2.24, 2.45) is 0 Å². The van der Waals surface area contributed by atoms with Crippen LogP contribution in [0.25, 0.3) is 11.0 Å². The van der Waals surface area contributed by atoms with Gasteiger partial charge in [-0.1, -0.05) is 18.2 Å². The van der Waals surface area contributed by atoms with E-state index in [2.05, 4.69) is 10.3 Å². The van der Waals surface area contributed by atoms with E-state index in [9.17, 15) is 14.9 Å². The van der Waals surface area contributed by atoms with Crippen molar-refractivity contribution in [3.63, 3.8) is 0 Å². The topological polar surface area (TPSA) is 98.3 Å². The number of rotatable bonds is 5. The summed E-state index contributed by atoms with van der Waals surface area (Å²) in [4.78, 5) is 25.9. The summed E-state index contributed by atoms with van der Waals surface area (Å²) in [5.74, 6) is -0.00110. The third-order valence-electron chi connectivity index (χ3n) is 2.77. The summed E-state index contributed by atoms with van der Waals surface area (Å²) in [5.41, 5.74) is 0.644. The number of nitrogens with zero attached hydrogens (tertiary/aromatic N) is 2. The maximum absolute atomic E-state index is 12.0. The van der Waals surface area contributed by atoms with Crippen LogP contribution in [0.2, 0.25) is 0 Å². The molecular weight excluding hydrogens is 294 g/mol. The molecule has 1 aromatic carbocycles. The smallest absolute Gasteiger partial charge is 0.345 e. The molecule has 0 radical (unpaired) electrons. The molecule has 0 bridgehead atoms. The highest BCUT2D eigenvalue weighted by Gasteiger charge is 2.15. The molecule has 106 valence electrons. The zero-order chi connectivity index (χ0) is 14.8. The van der Waals surface area contributed by atoms with E-state index >= 15 is 0 Å². The van der Waals surface area contributed by atoms with Crippen molar-refractivity contribution in [2.45, 2.75) is 0 Å². The summed E-state index contributed by atoms with van der Waals surface area (Å²) in [7, 11) is 0. The van der Waals surface area contributed by atoms with Gasteiger partial charge in [0.05, 0.1) is 11.5 Å². The zero-order valence-electron chi connectivity index (χ0n) is 10.6. The van der Waals surface area contributed by atoms with Crippen LogP contribution in [0.1, 0.15) is 10.6 Å². The SMILES string of the molecule is O=C(CNc1ncc([N+](=O)[O-])s1)c1cc2ccccc2o1. The lowest BCUT2D eigenvalue weighted by molar-refractivity contribution is -0.380. The van der Waals surface area contributed by atoms with Crippen molar-refractivity contribution in [3.8, 4) is 0 Å². The van der Waals surface area contributed by atoms with Crippen LogP contribution < -0.4 is 5.32 Å². The van der Waals surface area contributed by atoms with E-state index in [-0.39, 0.29) is 23.1 Å². The molecule has 0 saturated carbocycles. The Bertz CT molecular complexity index is 791. The van der Waals surface area contributed by atoms with Crippen LogP contribution in [0.3, 0.4) is 0 Å². The van der Waals surface area contributed by atoms with Crippen molar-refractivity contribution in [1.29, 1.82) is 0 Å². The molecule has 0 fully saturated rings. The second kappa shape index (κ2) is 5.33.